The number of nitrogens with one attached hydrogen (secondary N) is 1. The van der Waals surface area contributed by atoms with Crippen LogP contribution < -0.4 is 5.32 Å². The molecule has 1 heterocycles. The summed E-state index contributed by atoms with van der Waals surface area (Å²) in [6, 6.07) is 6.64. The van der Waals surface area contributed by atoms with Gasteiger partial charge >= 0.3 is 0 Å². The van der Waals surface area contributed by atoms with Gasteiger partial charge in [-0.3, -0.25) is 0 Å². The van der Waals surface area contributed by atoms with Crippen LogP contribution >= 0.6 is 11.6 Å². The molecule has 0 saturated heterocycles. The van der Waals surface area contributed by atoms with Gasteiger partial charge in [0.15, 0.2) is 5.15 Å². The standard InChI is InChI=1S/C17H21ClN2/c1-10-6-7-19-17(18)16(10)20-14(5)15-9-12(3)11(2)8-13(15)4/h6-9,14,20H,1-5H3. The molecule has 3 heteroatoms. The Labute approximate surface area is 126 Å². The predicted octanol–water partition coefficient (Wildman–Crippen LogP) is 5.14. The van der Waals surface area contributed by atoms with Gasteiger partial charge in [0, 0.05) is 12.2 Å². The van der Waals surface area contributed by atoms with Crippen LogP contribution in [0.15, 0.2) is 24.4 Å². The average Bonchev–Trinajstić information content (AvgIpc) is 2.38. The van der Waals surface area contributed by atoms with Crippen LogP contribution in [0.4, 0.5) is 5.69 Å². The van der Waals surface area contributed by atoms with Crippen molar-refractivity contribution in [3.05, 3.63) is 57.4 Å². The molecule has 0 aliphatic heterocycles. The minimum absolute atomic E-state index is 0.190. The number of aryl methyl sites for hydroxylation is 4. The molecular weight excluding hydrogens is 268 g/mol. The molecule has 20 heavy (non-hydrogen) atoms. The van der Waals surface area contributed by atoms with Gasteiger partial charge in [-0.05, 0) is 68.5 Å². The number of hydrogen-bond donors (Lipinski definition) is 1. The largest absolute Gasteiger partial charge is 0.376 e. The summed E-state index contributed by atoms with van der Waals surface area (Å²) in [5.74, 6) is 0. The first-order valence-corrected chi connectivity index (χ1v) is 7.23. The summed E-state index contributed by atoms with van der Waals surface area (Å²) in [5, 5.41) is 4.01. The normalized spacial score (nSPS) is 12.3. The summed E-state index contributed by atoms with van der Waals surface area (Å²) in [4.78, 5) is 4.14. The highest BCUT2D eigenvalue weighted by atomic mass is 35.5. The van der Waals surface area contributed by atoms with Gasteiger partial charge in [0.05, 0.1) is 5.69 Å². The molecule has 0 bridgehead atoms. The smallest absolute Gasteiger partial charge is 0.152 e. The van der Waals surface area contributed by atoms with Gasteiger partial charge in [0.2, 0.25) is 0 Å². The lowest BCUT2D eigenvalue weighted by atomic mass is 9.96. The third-order valence-electron chi connectivity index (χ3n) is 3.82. The van der Waals surface area contributed by atoms with Gasteiger partial charge in [-0.15, -0.1) is 0 Å². The van der Waals surface area contributed by atoms with Gasteiger partial charge in [-0.1, -0.05) is 23.7 Å². The summed E-state index contributed by atoms with van der Waals surface area (Å²) >= 11 is 6.18. The number of nitrogens with zero attached hydrogens (tertiary/aromatic N) is 1. The molecular formula is C17H21ClN2. The van der Waals surface area contributed by atoms with Crippen molar-refractivity contribution in [3.8, 4) is 0 Å². The van der Waals surface area contributed by atoms with Crippen molar-refractivity contribution >= 4 is 17.3 Å². The summed E-state index contributed by atoms with van der Waals surface area (Å²) in [6.45, 7) is 10.6. The number of halogens is 1. The van der Waals surface area contributed by atoms with E-state index in [4.69, 9.17) is 11.6 Å². The first kappa shape index (κ1) is 14.9. The lowest BCUT2D eigenvalue weighted by Gasteiger charge is -2.21. The average molecular weight is 289 g/mol. The van der Waals surface area contributed by atoms with Crippen molar-refractivity contribution < 1.29 is 0 Å². The van der Waals surface area contributed by atoms with Gasteiger partial charge in [-0.2, -0.15) is 0 Å². The lowest BCUT2D eigenvalue weighted by Crippen LogP contribution is -2.10. The minimum atomic E-state index is 0.190. The fourth-order valence-corrected chi connectivity index (χ4v) is 2.70. The van der Waals surface area contributed by atoms with E-state index in [1.165, 1.54) is 22.3 Å². The van der Waals surface area contributed by atoms with Crippen LogP contribution in [-0.4, -0.2) is 4.98 Å². The molecule has 106 valence electrons. The molecule has 0 amide bonds. The minimum Gasteiger partial charge on any atom is -0.376 e. The van der Waals surface area contributed by atoms with Crippen LogP contribution in [0.3, 0.4) is 0 Å². The Morgan fingerprint density at radius 1 is 1.00 bits per heavy atom. The number of hydrogen-bond acceptors (Lipinski definition) is 2. The Morgan fingerprint density at radius 3 is 2.30 bits per heavy atom. The molecule has 0 aliphatic rings. The highest BCUT2D eigenvalue weighted by Gasteiger charge is 2.13. The second-order valence-electron chi connectivity index (χ2n) is 5.45. The molecule has 2 rings (SSSR count). The lowest BCUT2D eigenvalue weighted by molar-refractivity contribution is 0.867. The van der Waals surface area contributed by atoms with Crippen molar-refractivity contribution in [2.75, 3.05) is 5.32 Å². The Morgan fingerprint density at radius 2 is 1.65 bits per heavy atom. The second-order valence-corrected chi connectivity index (χ2v) is 5.81. The Balaban J connectivity index is 2.33. The molecule has 2 aromatic rings. The summed E-state index contributed by atoms with van der Waals surface area (Å²) in [7, 11) is 0. The molecule has 0 fully saturated rings. The third kappa shape index (κ3) is 2.96. The zero-order valence-electron chi connectivity index (χ0n) is 12.7. The van der Waals surface area contributed by atoms with E-state index in [0.717, 1.165) is 11.3 Å². The van der Waals surface area contributed by atoms with Crippen LogP contribution in [-0.2, 0) is 0 Å². The van der Waals surface area contributed by atoms with Gasteiger partial charge in [0.25, 0.3) is 0 Å². The molecule has 1 atom stereocenters. The van der Waals surface area contributed by atoms with E-state index < -0.39 is 0 Å². The predicted molar refractivity (Wildman–Crippen MR) is 86.7 cm³/mol. The molecule has 0 spiro atoms. The van der Waals surface area contributed by atoms with Crippen molar-refractivity contribution in [2.45, 2.75) is 40.7 Å². The van der Waals surface area contributed by atoms with E-state index in [2.05, 4.69) is 50.1 Å². The zero-order chi connectivity index (χ0) is 14.9. The van der Waals surface area contributed by atoms with Gasteiger partial charge < -0.3 is 5.32 Å². The monoisotopic (exact) mass is 288 g/mol. The topological polar surface area (TPSA) is 24.9 Å². The van der Waals surface area contributed by atoms with E-state index in [-0.39, 0.29) is 6.04 Å². The number of benzene rings is 1. The molecule has 1 aromatic heterocycles. The zero-order valence-corrected chi connectivity index (χ0v) is 13.5. The van der Waals surface area contributed by atoms with Crippen molar-refractivity contribution in [3.63, 3.8) is 0 Å². The van der Waals surface area contributed by atoms with Crippen LogP contribution in [0.5, 0.6) is 0 Å². The first-order chi connectivity index (χ1) is 9.40. The van der Waals surface area contributed by atoms with E-state index in [9.17, 15) is 0 Å². The highest BCUT2D eigenvalue weighted by Crippen LogP contribution is 2.29. The maximum atomic E-state index is 6.18. The second kappa shape index (κ2) is 5.84. The molecule has 0 radical (unpaired) electrons. The SMILES string of the molecule is Cc1cc(C)c(C(C)Nc2c(C)ccnc2Cl)cc1C. The van der Waals surface area contributed by atoms with E-state index in [1.54, 1.807) is 6.20 Å². The van der Waals surface area contributed by atoms with Crippen molar-refractivity contribution in [1.82, 2.24) is 4.98 Å². The van der Waals surface area contributed by atoms with E-state index in [0.29, 0.717) is 5.15 Å². The summed E-state index contributed by atoms with van der Waals surface area (Å²) in [5.41, 5.74) is 7.26. The van der Waals surface area contributed by atoms with E-state index in [1.807, 2.05) is 13.0 Å². The fourth-order valence-electron chi connectivity index (χ4n) is 2.44. The Bertz CT molecular complexity index is 615. The third-order valence-corrected chi connectivity index (χ3v) is 4.11. The number of anilines is 1. The number of aromatic nitrogens is 1. The quantitative estimate of drug-likeness (QED) is 0.791. The molecule has 1 N–H and O–H groups in total. The van der Waals surface area contributed by atoms with Crippen LogP contribution in [0.25, 0.3) is 0 Å². The van der Waals surface area contributed by atoms with Crippen LogP contribution in [0, 0.1) is 27.7 Å². The first-order valence-electron chi connectivity index (χ1n) is 6.85. The Kier molecular flexibility index (Phi) is 4.34. The maximum Gasteiger partial charge on any atom is 0.152 e. The molecule has 0 aliphatic carbocycles. The Hall–Kier alpha value is -1.54. The molecule has 1 unspecified atom stereocenters. The number of pyridine rings is 1. The van der Waals surface area contributed by atoms with Crippen molar-refractivity contribution in [1.29, 1.82) is 0 Å². The van der Waals surface area contributed by atoms with Gasteiger partial charge in [-0.25, -0.2) is 4.98 Å². The van der Waals surface area contributed by atoms with Crippen LogP contribution in [0.1, 0.15) is 40.8 Å². The maximum absolute atomic E-state index is 6.18. The fraction of sp³-hybridized carbons (Fsp3) is 0.353. The van der Waals surface area contributed by atoms with E-state index >= 15 is 0 Å². The summed E-state index contributed by atoms with van der Waals surface area (Å²) in [6.07, 6.45) is 1.73. The van der Waals surface area contributed by atoms with Crippen LogP contribution in [0.2, 0.25) is 5.15 Å². The number of rotatable bonds is 3. The summed E-state index contributed by atoms with van der Waals surface area (Å²) < 4.78 is 0. The highest BCUT2D eigenvalue weighted by molar-refractivity contribution is 6.32. The molecule has 1 aromatic carbocycles. The van der Waals surface area contributed by atoms with Crippen molar-refractivity contribution in [2.24, 2.45) is 0 Å². The molecule has 0 saturated carbocycles. The van der Waals surface area contributed by atoms with Gasteiger partial charge in [0.1, 0.15) is 0 Å². The molecule has 2 nitrogen and oxygen atoms in total.